The summed E-state index contributed by atoms with van der Waals surface area (Å²) in [4.78, 5) is 12.2. The Hall–Kier alpha value is -2.87. The second-order valence-electron chi connectivity index (χ2n) is 9.74. The van der Waals surface area contributed by atoms with Crippen molar-refractivity contribution in [3.05, 3.63) is 95.6 Å². The molecule has 0 aliphatic carbocycles. The van der Waals surface area contributed by atoms with Gasteiger partial charge in [-0.2, -0.15) is 0 Å². The van der Waals surface area contributed by atoms with Crippen molar-refractivity contribution in [1.29, 1.82) is 0 Å². The van der Waals surface area contributed by atoms with Crippen molar-refractivity contribution in [2.45, 2.75) is 90.6 Å². The monoisotopic (exact) mass is 470 g/mol. The van der Waals surface area contributed by atoms with E-state index in [4.69, 9.17) is 4.74 Å². The lowest BCUT2D eigenvalue weighted by Crippen LogP contribution is -2.15. The summed E-state index contributed by atoms with van der Waals surface area (Å²) in [6.07, 6.45) is 13.7. The molecule has 2 heteroatoms. The maximum atomic E-state index is 12.2. The highest BCUT2D eigenvalue weighted by atomic mass is 16.5. The second kappa shape index (κ2) is 15.2. The third kappa shape index (κ3) is 9.72. The van der Waals surface area contributed by atoms with Crippen LogP contribution in [0.5, 0.6) is 0 Å². The van der Waals surface area contributed by atoms with E-state index in [0.29, 0.717) is 5.56 Å². The van der Waals surface area contributed by atoms with Gasteiger partial charge in [0.25, 0.3) is 0 Å². The summed E-state index contributed by atoms with van der Waals surface area (Å²) in [5, 5.41) is 0. The molecule has 0 N–H and O–H groups in total. The van der Waals surface area contributed by atoms with Gasteiger partial charge in [-0.15, -0.1) is 0 Å². The molecule has 1 atom stereocenters. The Labute approximate surface area is 212 Å². The van der Waals surface area contributed by atoms with Gasteiger partial charge in [-0.3, -0.25) is 0 Å². The third-order valence-electron chi connectivity index (χ3n) is 6.72. The van der Waals surface area contributed by atoms with Crippen LogP contribution in [0.4, 0.5) is 0 Å². The average Bonchev–Trinajstić information content (AvgIpc) is 2.90. The standard InChI is InChI=1S/C33H42O2/c1-3-4-5-6-7-8-9-11-14-28-19-23-30(24-20-28)31-25-21-29(22-26-31)18-17-27(2)35-33(34)32-15-12-10-13-16-32/h10,12-13,15-16,19-27H,3-9,11,14,17-18H2,1-2H3. The second-order valence-corrected chi connectivity index (χ2v) is 9.74. The molecular weight excluding hydrogens is 428 g/mol. The first-order valence-corrected chi connectivity index (χ1v) is 13.6. The largest absolute Gasteiger partial charge is 0.459 e. The lowest BCUT2D eigenvalue weighted by atomic mass is 9.99. The number of carbonyl (C=O) groups is 1. The third-order valence-corrected chi connectivity index (χ3v) is 6.72. The summed E-state index contributed by atoms with van der Waals surface area (Å²) < 4.78 is 5.58. The minimum absolute atomic E-state index is 0.115. The molecule has 0 aliphatic rings. The van der Waals surface area contributed by atoms with Crippen molar-refractivity contribution >= 4 is 5.97 Å². The van der Waals surface area contributed by atoms with Gasteiger partial charge in [-0.25, -0.2) is 4.79 Å². The van der Waals surface area contributed by atoms with Gasteiger partial charge in [0, 0.05) is 0 Å². The van der Waals surface area contributed by atoms with Crippen LogP contribution in [-0.4, -0.2) is 12.1 Å². The number of hydrogen-bond acceptors (Lipinski definition) is 2. The molecule has 3 rings (SSSR count). The molecule has 0 bridgehead atoms. The molecule has 3 aromatic rings. The fourth-order valence-corrected chi connectivity index (χ4v) is 4.44. The van der Waals surface area contributed by atoms with Gasteiger partial charge in [-0.1, -0.05) is 119 Å². The molecule has 0 saturated carbocycles. The van der Waals surface area contributed by atoms with Gasteiger partial charge < -0.3 is 4.74 Å². The lowest BCUT2D eigenvalue weighted by molar-refractivity contribution is 0.0325. The van der Waals surface area contributed by atoms with Crippen molar-refractivity contribution in [2.75, 3.05) is 0 Å². The average molecular weight is 471 g/mol. The van der Waals surface area contributed by atoms with Crippen molar-refractivity contribution in [3.8, 4) is 11.1 Å². The minimum atomic E-state index is -0.251. The zero-order valence-corrected chi connectivity index (χ0v) is 21.7. The van der Waals surface area contributed by atoms with E-state index in [2.05, 4.69) is 55.5 Å². The molecular formula is C33H42O2. The summed E-state index contributed by atoms with van der Waals surface area (Å²) in [7, 11) is 0. The van der Waals surface area contributed by atoms with Gasteiger partial charge >= 0.3 is 5.97 Å². The van der Waals surface area contributed by atoms with Crippen molar-refractivity contribution in [2.24, 2.45) is 0 Å². The van der Waals surface area contributed by atoms with E-state index in [9.17, 15) is 4.79 Å². The van der Waals surface area contributed by atoms with Crippen LogP contribution >= 0.6 is 0 Å². The van der Waals surface area contributed by atoms with Crippen LogP contribution in [0.2, 0.25) is 0 Å². The fourth-order valence-electron chi connectivity index (χ4n) is 4.44. The normalized spacial score (nSPS) is 11.8. The summed E-state index contributed by atoms with van der Waals surface area (Å²) in [6.45, 7) is 4.24. The van der Waals surface area contributed by atoms with Crippen LogP contribution in [0.1, 0.15) is 93.1 Å². The molecule has 3 aromatic carbocycles. The van der Waals surface area contributed by atoms with Crippen LogP contribution in [-0.2, 0) is 17.6 Å². The molecule has 1 unspecified atom stereocenters. The van der Waals surface area contributed by atoms with Crippen LogP contribution in [0.15, 0.2) is 78.9 Å². The van der Waals surface area contributed by atoms with Crippen molar-refractivity contribution in [3.63, 3.8) is 0 Å². The maximum absolute atomic E-state index is 12.2. The number of carbonyl (C=O) groups excluding carboxylic acids is 1. The van der Waals surface area contributed by atoms with Gasteiger partial charge in [0.15, 0.2) is 0 Å². The highest BCUT2D eigenvalue weighted by molar-refractivity contribution is 5.89. The van der Waals surface area contributed by atoms with Crippen molar-refractivity contribution in [1.82, 2.24) is 0 Å². The quantitative estimate of drug-likeness (QED) is 0.163. The molecule has 186 valence electrons. The Morgan fingerprint density at radius 3 is 1.74 bits per heavy atom. The van der Waals surface area contributed by atoms with Gasteiger partial charge in [-0.05, 0) is 67.0 Å². The van der Waals surface area contributed by atoms with E-state index in [0.717, 1.165) is 12.8 Å². The van der Waals surface area contributed by atoms with Gasteiger partial charge in [0.05, 0.1) is 11.7 Å². The highest BCUT2D eigenvalue weighted by Crippen LogP contribution is 2.22. The number of rotatable bonds is 15. The zero-order chi connectivity index (χ0) is 24.7. The molecule has 2 nitrogen and oxygen atoms in total. The molecule has 0 aromatic heterocycles. The topological polar surface area (TPSA) is 26.3 Å². The van der Waals surface area contributed by atoms with E-state index in [1.54, 1.807) is 12.1 Å². The number of aryl methyl sites for hydroxylation is 2. The molecule has 35 heavy (non-hydrogen) atoms. The molecule has 0 amide bonds. The van der Waals surface area contributed by atoms with Crippen LogP contribution in [0, 0.1) is 0 Å². The maximum Gasteiger partial charge on any atom is 0.338 e. The van der Waals surface area contributed by atoms with E-state index >= 15 is 0 Å². The van der Waals surface area contributed by atoms with Crippen LogP contribution in [0.3, 0.4) is 0 Å². The zero-order valence-electron chi connectivity index (χ0n) is 21.7. The number of benzene rings is 3. The van der Waals surface area contributed by atoms with Crippen LogP contribution in [0.25, 0.3) is 11.1 Å². The molecule has 0 saturated heterocycles. The van der Waals surface area contributed by atoms with Crippen LogP contribution < -0.4 is 0 Å². The SMILES string of the molecule is CCCCCCCCCCc1ccc(-c2ccc(CCC(C)OC(=O)c3ccccc3)cc2)cc1. The number of hydrogen-bond donors (Lipinski definition) is 0. The number of esters is 1. The first kappa shape index (κ1) is 26.7. The predicted molar refractivity (Wildman–Crippen MR) is 148 cm³/mol. The lowest BCUT2D eigenvalue weighted by Gasteiger charge is -2.13. The number of ether oxygens (including phenoxy) is 1. The Kier molecular flexibility index (Phi) is 11.6. The number of unbranched alkanes of at least 4 members (excludes halogenated alkanes) is 7. The van der Waals surface area contributed by atoms with Gasteiger partial charge in [0.1, 0.15) is 0 Å². The van der Waals surface area contributed by atoms with Crippen molar-refractivity contribution < 1.29 is 9.53 Å². The molecule has 0 spiro atoms. The van der Waals surface area contributed by atoms with E-state index in [1.807, 2.05) is 25.1 Å². The van der Waals surface area contributed by atoms with Gasteiger partial charge in [0.2, 0.25) is 0 Å². The van der Waals surface area contributed by atoms with E-state index in [1.165, 1.54) is 80.0 Å². The molecule has 0 fully saturated rings. The first-order chi connectivity index (χ1) is 17.2. The predicted octanol–water partition coefficient (Wildman–Crippen LogP) is 9.21. The Morgan fingerprint density at radius 1 is 0.657 bits per heavy atom. The molecule has 0 aliphatic heterocycles. The first-order valence-electron chi connectivity index (χ1n) is 13.6. The highest BCUT2D eigenvalue weighted by Gasteiger charge is 2.11. The summed E-state index contributed by atoms with van der Waals surface area (Å²) in [5.74, 6) is -0.251. The fraction of sp³-hybridized carbons (Fsp3) is 0.424. The summed E-state index contributed by atoms with van der Waals surface area (Å²) in [5.41, 5.74) is 5.82. The van der Waals surface area contributed by atoms with E-state index < -0.39 is 0 Å². The molecule has 0 heterocycles. The Morgan fingerprint density at radius 2 is 1.17 bits per heavy atom. The summed E-state index contributed by atoms with van der Waals surface area (Å²) in [6, 6.07) is 27.0. The minimum Gasteiger partial charge on any atom is -0.459 e. The summed E-state index contributed by atoms with van der Waals surface area (Å²) >= 11 is 0. The Bertz CT molecular complexity index is 974. The Balaban J connectivity index is 1.37. The molecule has 0 radical (unpaired) electrons. The smallest absolute Gasteiger partial charge is 0.338 e. The van der Waals surface area contributed by atoms with E-state index in [-0.39, 0.29) is 12.1 Å².